The van der Waals surface area contributed by atoms with Crippen LogP contribution in [0.3, 0.4) is 0 Å². The fourth-order valence-corrected chi connectivity index (χ4v) is 3.32. The van der Waals surface area contributed by atoms with Crippen LogP contribution in [0.25, 0.3) is 0 Å². The Bertz CT molecular complexity index is 345. The normalized spacial score (nSPS) is 25.0. The third-order valence-corrected chi connectivity index (χ3v) is 4.98. The van der Waals surface area contributed by atoms with Crippen molar-refractivity contribution >= 4 is 10.0 Å². The van der Waals surface area contributed by atoms with Gasteiger partial charge < -0.3 is 0 Å². The van der Waals surface area contributed by atoms with Crippen LogP contribution in [0.5, 0.6) is 0 Å². The topological polar surface area (TPSA) is 61.2 Å². The highest BCUT2D eigenvalue weighted by Crippen LogP contribution is 2.24. The Balaban J connectivity index is 2.65. The second-order valence-electron chi connectivity index (χ2n) is 4.12. The van der Waals surface area contributed by atoms with E-state index in [2.05, 4.69) is 6.92 Å². The highest BCUT2D eigenvalue weighted by Gasteiger charge is 2.34. The standard InChI is InChI=1S/C10H18N2O2S/c1-3-4-10-5-6-12(8-10)15(13,14)9(2)7-11/h9-10H,3-6,8H2,1-2H3. The molecule has 0 bridgehead atoms. The van der Waals surface area contributed by atoms with Crippen molar-refractivity contribution in [2.75, 3.05) is 13.1 Å². The summed E-state index contributed by atoms with van der Waals surface area (Å²) in [5, 5.41) is 7.73. The van der Waals surface area contributed by atoms with Gasteiger partial charge >= 0.3 is 0 Å². The Morgan fingerprint density at radius 2 is 2.27 bits per heavy atom. The Morgan fingerprint density at radius 1 is 1.60 bits per heavy atom. The second kappa shape index (κ2) is 4.95. The molecule has 15 heavy (non-hydrogen) atoms. The lowest BCUT2D eigenvalue weighted by atomic mass is 10.0. The fourth-order valence-electron chi connectivity index (χ4n) is 1.96. The zero-order chi connectivity index (χ0) is 11.5. The van der Waals surface area contributed by atoms with Crippen molar-refractivity contribution in [1.82, 2.24) is 4.31 Å². The molecule has 86 valence electrons. The zero-order valence-electron chi connectivity index (χ0n) is 9.31. The predicted molar refractivity (Wildman–Crippen MR) is 58.6 cm³/mol. The summed E-state index contributed by atoms with van der Waals surface area (Å²) in [5.74, 6) is 0.482. The summed E-state index contributed by atoms with van der Waals surface area (Å²) in [5.41, 5.74) is 0. The fraction of sp³-hybridized carbons (Fsp3) is 0.900. The van der Waals surface area contributed by atoms with Gasteiger partial charge in [-0.3, -0.25) is 0 Å². The van der Waals surface area contributed by atoms with Gasteiger partial charge in [-0.05, 0) is 25.7 Å². The molecular formula is C10H18N2O2S. The van der Waals surface area contributed by atoms with Crippen molar-refractivity contribution in [3.8, 4) is 6.07 Å². The van der Waals surface area contributed by atoms with Crippen LogP contribution in [-0.4, -0.2) is 31.1 Å². The van der Waals surface area contributed by atoms with Gasteiger partial charge in [0.15, 0.2) is 5.25 Å². The van der Waals surface area contributed by atoms with E-state index < -0.39 is 15.3 Å². The van der Waals surface area contributed by atoms with E-state index in [1.165, 1.54) is 11.2 Å². The van der Waals surface area contributed by atoms with Crippen LogP contribution in [-0.2, 0) is 10.0 Å². The van der Waals surface area contributed by atoms with Gasteiger partial charge in [-0.25, -0.2) is 12.7 Å². The quantitative estimate of drug-likeness (QED) is 0.732. The van der Waals surface area contributed by atoms with Crippen LogP contribution in [0.2, 0.25) is 0 Å². The van der Waals surface area contributed by atoms with Crippen molar-refractivity contribution in [2.24, 2.45) is 5.92 Å². The minimum Gasteiger partial charge on any atom is -0.211 e. The molecule has 1 fully saturated rings. The lowest BCUT2D eigenvalue weighted by Crippen LogP contribution is -2.35. The van der Waals surface area contributed by atoms with E-state index in [1.807, 2.05) is 0 Å². The van der Waals surface area contributed by atoms with Crippen LogP contribution in [0.1, 0.15) is 33.1 Å². The van der Waals surface area contributed by atoms with E-state index in [1.54, 1.807) is 6.07 Å². The van der Waals surface area contributed by atoms with E-state index in [0.717, 1.165) is 19.3 Å². The number of sulfonamides is 1. The Morgan fingerprint density at radius 3 is 2.80 bits per heavy atom. The summed E-state index contributed by atoms with van der Waals surface area (Å²) >= 11 is 0. The van der Waals surface area contributed by atoms with Crippen LogP contribution in [0.4, 0.5) is 0 Å². The summed E-state index contributed by atoms with van der Waals surface area (Å²) in [4.78, 5) is 0. The average molecular weight is 230 g/mol. The first-order valence-corrected chi connectivity index (χ1v) is 6.91. The van der Waals surface area contributed by atoms with Gasteiger partial charge in [0.2, 0.25) is 10.0 Å². The van der Waals surface area contributed by atoms with E-state index in [0.29, 0.717) is 19.0 Å². The van der Waals surface area contributed by atoms with Crippen LogP contribution < -0.4 is 0 Å². The molecule has 1 rings (SSSR count). The first-order valence-electron chi connectivity index (χ1n) is 5.41. The van der Waals surface area contributed by atoms with Gasteiger partial charge in [0.1, 0.15) is 0 Å². The number of hydrogen-bond acceptors (Lipinski definition) is 3. The molecule has 1 aliphatic rings. The van der Waals surface area contributed by atoms with Crippen molar-refractivity contribution in [2.45, 2.75) is 38.4 Å². The minimum absolute atomic E-state index is 0.482. The SMILES string of the molecule is CCCC1CCN(S(=O)(=O)C(C)C#N)C1. The molecule has 0 spiro atoms. The van der Waals surface area contributed by atoms with Crippen molar-refractivity contribution in [3.63, 3.8) is 0 Å². The van der Waals surface area contributed by atoms with Gasteiger partial charge in [0, 0.05) is 13.1 Å². The Labute approximate surface area is 91.9 Å². The highest BCUT2D eigenvalue weighted by molar-refractivity contribution is 7.89. The molecular weight excluding hydrogens is 212 g/mol. The molecule has 1 heterocycles. The van der Waals surface area contributed by atoms with Crippen molar-refractivity contribution in [3.05, 3.63) is 0 Å². The lowest BCUT2D eigenvalue weighted by molar-refractivity contribution is 0.442. The first kappa shape index (κ1) is 12.5. The molecule has 0 radical (unpaired) electrons. The Kier molecular flexibility index (Phi) is 4.12. The van der Waals surface area contributed by atoms with Crippen molar-refractivity contribution < 1.29 is 8.42 Å². The molecule has 5 heteroatoms. The molecule has 2 unspecified atom stereocenters. The average Bonchev–Trinajstić information content (AvgIpc) is 2.66. The van der Waals surface area contributed by atoms with Gasteiger partial charge in [-0.1, -0.05) is 13.3 Å². The van der Waals surface area contributed by atoms with E-state index in [4.69, 9.17) is 5.26 Å². The largest absolute Gasteiger partial charge is 0.230 e. The van der Waals surface area contributed by atoms with Gasteiger partial charge in [-0.15, -0.1) is 0 Å². The smallest absolute Gasteiger partial charge is 0.211 e. The number of nitriles is 1. The monoisotopic (exact) mass is 230 g/mol. The van der Waals surface area contributed by atoms with Crippen LogP contribution in [0.15, 0.2) is 0 Å². The summed E-state index contributed by atoms with van der Waals surface area (Å²) < 4.78 is 25.1. The van der Waals surface area contributed by atoms with Gasteiger partial charge in [0.25, 0.3) is 0 Å². The number of nitrogens with zero attached hydrogens (tertiary/aromatic N) is 2. The Hall–Kier alpha value is -0.600. The molecule has 2 atom stereocenters. The van der Waals surface area contributed by atoms with Gasteiger partial charge in [0.05, 0.1) is 6.07 Å². The summed E-state index contributed by atoms with van der Waals surface area (Å²) in [6, 6.07) is 1.80. The third-order valence-electron chi connectivity index (χ3n) is 2.93. The molecule has 0 aromatic heterocycles. The molecule has 1 aliphatic heterocycles. The summed E-state index contributed by atoms with van der Waals surface area (Å²) in [6.07, 6.45) is 3.10. The predicted octanol–water partition coefficient (Wildman–Crippen LogP) is 1.35. The zero-order valence-corrected chi connectivity index (χ0v) is 10.1. The first-order chi connectivity index (χ1) is 7.02. The maximum Gasteiger partial charge on any atom is 0.230 e. The molecule has 0 aliphatic carbocycles. The van der Waals surface area contributed by atoms with E-state index in [-0.39, 0.29) is 0 Å². The summed E-state index contributed by atoms with van der Waals surface area (Å²) in [6.45, 7) is 4.73. The molecule has 0 amide bonds. The van der Waals surface area contributed by atoms with E-state index >= 15 is 0 Å². The molecule has 0 aromatic carbocycles. The molecule has 4 nitrogen and oxygen atoms in total. The molecule has 1 saturated heterocycles. The lowest BCUT2D eigenvalue weighted by Gasteiger charge is -2.17. The molecule has 0 N–H and O–H groups in total. The van der Waals surface area contributed by atoms with E-state index in [9.17, 15) is 8.42 Å². The van der Waals surface area contributed by atoms with Crippen LogP contribution >= 0.6 is 0 Å². The maximum absolute atomic E-state index is 11.8. The maximum atomic E-state index is 11.8. The third kappa shape index (κ3) is 2.70. The number of hydrogen-bond donors (Lipinski definition) is 0. The summed E-state index contributed by atoms with van der Waals surface area (Å²) in [7, 11) is -3.37. The number of rotatable bonds is 4. The van der Waals surface area contributed by atoms with Crippen molar-refractivity contribution in [1.29, 1.82) is 5.26 Å². The minimum atomic E-state index is -3.37. The van der Waals surface area contributed by atoms with Crippen LogP contribution in [0, 0.1) is 17.2 Å². The van der Waals surface area contributed by atoms with Gasteiger partial charge in [-0.2, -0.15) is 5.26 Å². The second-order valence-corrected chi connectivity index (χ2v) is 6.37. The molecule has 0 saturated carbocycles. The highest BCUT2D eigenvalue weighted by atomic mass is 32.2. The molecule has 0 aromatic rings.